The van der Waals surface area contributed by atoms with Crippen LogP contribution in [0.1, 0.15) is 41.2 Å². The summed E-state index contributed by atoms with van der Waals surface area (Å²) in [5.74, 6) is 1.09. The Labute approximate surface area is 210 Å². The average Bonchev–Trinajstić information content (AvgIpc) is 3.04. The van der Waals surface area contributed by atoms with E-state index < -0.39 is 43.0 Å². The van der Waals surface area contributed by atoms with Crippen LogP contribution >= 0.6 is 10.6 Å². The minimum atomic E-state index is -4.23. The smallest absolute Gasteiger partial charge is 0.438 e. The van der Waals surface area contributed by atoms with Crippen LogP contribution in [0.25, 0.3) is 0 Å². The Kier molecular flexibility index (Phi) is 5.78. The molecule has 194 valence electrons. The van der Waals surface area contributed by atoms with Gasteiger partial charge >= 0.3 is 15.6 Å². The lowest BCUT2D eigenvalue weighted by atomic mass is 9.87. The van der Waals surface area contributed by atoms with Crippen LogP contribution in [-0.4, -0.2) is 42.1 Å². The molecule has 2 N–H and O–H groups in total. The van der Waals surface area contributed by atoms with Gasteiger partial charge in [-0.25, -0.2) is 4.79 Å². The standard InChI is InChI=1S/C24H27NO9S2/c1-13-14(2)21-18(15(3)20(13)26)9-10-24(4,32-21)12-31-17-7-5-16(6-8-17)11-19-22(27)25-23(28)35(19)33-36(29,30)34-35/h5-8,19,26H,9-12H2,1-4H3,(H,25,27,28). The number of phenols is 1. The van der Waals surface area contributed by atoms with Crippen LogP contribution in [0.2, 0.25) is 0 Å². The van der Waals surface area contributed by atoms with Crippen LogP contribution in [0, 0.1) is 20.8 Å². The second-order valence-corrected chi connectivity index (χ2v) is 13.5. The topological polar surface area (TPSA) is 137 Å². The number of imide groups is 1. The van der Waals surface area contributed by atoms with Gasteiger partial charge in [0, 0.05) is 12.0 Å². The first kappa shape index (κ1) is 24.9. The van der Waals surface area contributed by atoms with E-state index in [0.717, 1.165) is 40.8 Å². The van der Waals surface area contributed by atoms with Gasteiger partial charge in [-0.3, -0.25) is 10.1 Å². The third kappa shape index (κ3) is 4.01. The molecule has 3 heterocycles. The SMILES string of the molecule is Cc1c(C)c2c(c(C)c1O)CCC(C)(COc1ccc(CC3C(=O)NC(=O)S34OS(=O)(=O)O4)cc1)O2. The summed E-state index contributed by atoms with van der Waals surface area (Å²) in [4.78, 5) is 24.3. The maximum absolute atomic E-state index is 12.2. The van der Waals surface area contributed by atoms with Crippen LogP contribution in [-0.2, 0) is 35.3 Å². The highest BCUT2D eigenvalue weighted by Crippen LogP contribution is 2.68. The molecule has 2 aromatic carbocycles. The fourth-order valence-electron chi connectivity index (χ4n) is 4.70. The van der Waals surface area contributed by atoms with Crippen LogP contribution < -0.4 is 14.8 Å². The second kappa shape index (κ2) is 8.37. The summed E-state index contributed by atoms with van der Waals surface area (Å²) in [6, 6.07) is 6.96. The fraction of sp³-hybridized carbons (Fsp3) is 0.417. The summed E-state index contributed by atoms with van der Waals surface area (Å²) in [5, 5.41) is 10.6. The number of fused-ring (bicyclic) bond motifs is 1. The number of rotatable bonds is 5. The van der Waals surface area contributed by atoms with E-state index in [1.165, 1.54) is 0 Å². The maximum Gasteiger partial charge on any atom is 0.438 e. The Morgan fingerprint density at radius 2 is 1.75 bits per heavy atom. The zero-order valence-corrected chi connectivity index (χ0v) is 21.9. The quantitative estimate of drug-likeness (QED) is 0.586. The molecule has 12 heteroatoms. The Morgan fingerprint density at radius 1 is 1.08 bits per heavy atom. The molecule has 0 aliphatic carbocycles. The molecule has 5 rings (SSSR count). The molecule has 0 radical (unpaired) electrons. The number of hydrogen-bond donors (Lipinski definition) is 2. The molecule has 2 unspecified atom stereocenters. The van der Waals surface area contributed by atoms with E-state index in [-0.39, 0.29) is 6.42 Å². The molecule has 2 atom stereocenters. The van der Waals surface area contributed by atoms with Crippen LogP contribution in [0.5, 0.6) is 17.2 Å². The highest BCUT2D eigenvalue weighted by molar-refractivity contribution is 8.47. The Morgan fingerprint density at radius 3 is 2.39 bits per heavy atom. The fourth-order valence-corrected chi connectivity index (χ4v) is 9.23. The van der Waals surface area contributed by atoms with Crippen LogP contribution in [0.3, 0.4) is 0 Å². The van der Waals surface area contributed by atoms with E-state index in [1.54, 1.807) is 24.3 Å². The summed E-state index contributed by atoms with van der Waals surface area (Å²) in [6.07, 6.45) is 1.56. The van der Waals surface area contributed by atoms with Gasteiger partial charge in [0.15, 0.2) is 0 Å². The van der Waals surface area contributed by atoms with Crippen molar-refractivity contribution >= 4 is 32.1 Å². The minimum Gasteiger partial charge on any atom is -0.507 e. The first-order valence-corrected chi connectivity index (χ1v) is 14.3. The van der Waals surface area contributed by atoms with E-state index in [9.17, 15) is 23.1 Å². The van der Waals surface area contributed by atoms with E-state index in [2.05, 4.69) is 5.32 Å². The van der Waals surface area contributed by atoms with Gasteiger partial charge in [-0.2, -0.15) is 8.42 Å². The van der Waals surface area contributed by atoms with Gasteiger partial charge in [-0.05, 0) is 74.9 Å². The molecule has 3 aliphatic heterocycles. The molecular formula is C24H27NO9S2. The van der Waals surface area contributed by atoms with Crippen molar-refractivity contribution in [3.8, 4) is 17.2 Å². The Hall–Kier alpha value is -2.80. The number of phenolic OH excluding ortho intramolecular Hbond substituents is 1. The molecule has 0 saturated carbocycles. The van der Waals surface area contributed by atoms with Crippen molar-refractivity contribution in [1.82, 2.24) is 5.32 Å². The minimum absolute atomic E-state index is 0.0745. The summed E-state index contributed by atoms with van der Waals surface area (Å²) < 4.78 is 44.7. The molecule has 3 aliphatic rings. The van der Waals surface area contributed by atoms with Crippen molar-refractivity contribution in [2.75, 3.05) is 6.61 Å². The summed E-state index contributed by atoms with van der Waals surface area (Å²) in [5.41, 5.74) is 3.74. The molecule has 1 spiro atoms. The highest BCUT2D eigenvalue weighted by Gasteiger charge is 2.62. The molecule has 2 saturated heterocycles. The summed E-state index contributed by atoms with van der Waals surface area (Å²) in [7, 11) is -7.40. The third-order valence-electron chi connectivity index (χ3n) is 7.00. The van der Waals surface area contributed by atoms with Crippen molar-refractivity contribution < 1.29 is 39.8 Å². The zero-order valence-electron chi connectivity index (χ0n) is 20.2. The molecule has 0 bridgehead atoms. The predicted molar refractivity (Wildman–Crippen MR) is 131 cm³/mol. The van der Waals surface area contributed by atoms with Gasteiger partial charge in [-0.1, -0.05) is 22.7 Å². The van der Waals surface area contributed by atoms with Gasteiger partial charge in [0.05, 0.1) is 0 Å². The Balaban J connectivity index is 1.25. The maximum atomic E-state index is 12.2. The van der Waals surface area contributed by atoms with Gasteiger partial charge in [0.1, 0.15) is 34.7 Å². The first-order valence-electron chi connectivity index (χ1n) is 11.4. The number of aromatic hydroxyl groups is 1. The van der Waals surface area contributed by atoms with Crippen molar-refractivity contribution in [3.63, 3.8) is 0 Å². The van der Waals surface area contributed by atoms with E-state index in [1.807, 2.05) is 27.7 Å². The first-order chi connectivity index (χ1) is 16.8. The normalized spacial score (nSPS) is 26.5. The third-order valence-corrected chi connectivity index (χ3v) is 11.7. The lowest BCUT2D eigenvalue weighted by molar-refractivity contribution is -0.119. The Bertz CT molecular complexity index is 1380. The molecule has 0 aromatic heterocycles. The highest BCUT2D eigenvalue weighted by atomic mass is 32.4. The van der Waals surface area contributed by atoms with E-state index in [0.29, 0.717) is 23.7 Å². The lowest BCUT2D eigenvalue weighted by Gasteiger charge is -2.43. The second-order valence-electron chi connectivity index (χ2n) is 9.57. The number of amides is 2. The largest absolute Gasteiger partial charge is 0.507 e. The van der Waals surface area contributed by atoms with Gasteiger partial charge in [0.25, 0.3) is 5.91 Å². The molecule has 10 nitrogen and oxygen atoms in total. The van der Waals surface area contributed by atoms with Crippen LogP contribution in [0.4, 0.5) is 4.79 Å². The van der Waals surface area contributed by atoms with Gasteiger partial charge in [-0.15, -0.1) is 7.26 Å². The van der Waals surface area contributed by atoms with Crippen molar-refractivity contribution in [1.29, 1.82) is 0 Å². The van der Waals surface area contributed by atoms with E-state index >= 15 is 0 Å². The van der Waals surface area contributed by atoms with Gasteiger partial charge in [0.2, 0.25) is 0 Å². The number of ether oxygens (including phenoxy) is 2. The van der Waals surface area contributed by atoms with Crippen molar-refractivity contribution in [3.05, 3.63) is 52.1 Å². The molecule has 2 fully saturated rings. The summed E-state index contributed by atoms with van der Waals surface area (Å²) in [6.45, 7) is 8.02. The van der Waals surface area contributed by atoms with Crippen molar-refractivity contribution in [2.45, 2.75) is 57.8 Å². The number of hydrogen-bond acceptors (Lipinski definition) is 9. The monoisotopic (exact) mass is 537 g/mol. The molecule has 2 aromatic rings. The summed E-state index contributed by atoms with van der Waals surface area (Å²) >= 11 is 0. The molecule has 36 heavy (non-hydrogen) atoms. The van der Waals surface area contributed by atoms with E-state index in [4.69, 9.17) is 16.7 Å². The van der Waals surface area contributed by atoms with Crippen LogP contribution in [0.15, 0.2) is 24.3 Å². The lowest BCUT2D eigenvalue weighted by Crippen LogP contribution is -2.42. The number of nitrogens with one attached hydrogen (secondary N) is 1. The van der Waals surface area contributed by atoms with Crippen molar-refractivity contribution in [2.24, 2.45) is 0 Å². The number of carbonyl (C=O) groups excluding carboxylic acids is 2. The van der Waals surface area contributed by atoms with Gasteiger partial charge < -0.3 is 14.6 Å². The predicted octanol–water partition coefficient (Wildman–Crippen LogP) is 3.57. The average molecular weight is 538 g/mol. The molecule has 2 amide bonds. The number of carbonyl (C=O) groups is 2. The molecular weight excluding hydrogens is 510 g/mol. The number of benzene rings is 2. The zero-order chi connectivity index (χ0) is 26.0.